The van der Waals surface area contributed by atoms with Gasteiger partial charge < -0.3 is 15.1 Å². The zero-order valence-corrected chi connectivity index (χ0v) is 29.4. The SMILES string of the molecule is Cc1ccc([C@H](F)c2c(C3CCN(c4ncc(-c5cccc(C(=O)O)c5)cn4)CC3)nc3c(c2C2CCC(F)(F)CC2)[C@@H](O)CC(C)(C)C3)cc1. The van der Waals surface area contributed by atoms with E-state index in [1.807, 2.05) is 25.1 Å². The molecule has 0 bridgehead atoms. The van der Waals surface area contributed by atoms with Gasteiger partial charge in [0.2, 0.25) is 11.9 Å². The normalized spacial score (nSPS) is 21.2. The summed E-state index contributed by atoms with van der Waals surface area (Å²) in [6, 6.07) is 14.0. The van der Waals surface area contributed by atoms with E-state index in [1.54, 1.807) is 42.7 Å². The Kier molecular flexibility index (Phi) is 9.41. The number of piperidine rings is 1. The van der Waals surface area contributed by atoms with Gasteiger partial charge >= 0.3 is 5.97 Å². The van der Waals surface area contributed by atoms with Crippen molar-refractivity contribution >= 4 is 11.9 Å². The first-order valence-electron chi connectivity index (χ1n) is 18.0. The molecule has 51 heavy (non-hydrogen) atoms. The van der Waals surface area contributed by atoms with E-state index in [-0.39, 0.29) is 48.5 Å². The zero-order valence-electron chi connectivity index (χ0n) is 29.4. The van der Waals surface area contributed by atoms with Crippen molar-refractivity contribution in [1.29, 1.82) is 0 Å². The highest BCUT2D eigenvalue weighted by Gasteiger charge is 2.43. The summed E-state index contributed by atoms with van der Waals surface area (Å²) in [7, 11) is 0. The Hall–Kier alpha value is -4.31. The van der Waals surface area contributed by atoms with E-state index in [0.29, 0.717) is 78.2 Å². The van der Waals surface area contributed by atoms with Gasteiger partial charge in [0, 0.05) is 66.6 Å². The van der Waals surface area contributed by atoms with Crippen molar-refractivity contribution < 1.29 is 28.2 Å². The average Bonchev–Trinajstić information content (AvgIpc) is 3.10. The van der Waals surface area contributed by atoms with Crippen molar-refractivity contribution in [2.45, 2.75) is 102 Å². The molecule has 3 aliphatic rings. The summed E-state index contributed by atoms with van der Waals surface area (Å²) in [6.07, 6.45) is 3.44. The van der Waals surface area contributed by atoms with Crippen LogP contribution < -0.4 is 4.90 Å². The Bertz CT molecular complexity index is 1900. The minimum atomic E-state index is -2.74. The van der Waals surface area contributed by atoms with Gasteiger partial charge in [-0.1, -0.05) is 55.8 Å². The van der Waals surface area contributed by atoms with E-state index in [9.17, 15) is 23.8 Å². The van der Waals surface area contributed by atoms with Crippen LogP contribution in [0.25, 0.3) is 11.1 Å². The quantitative estimate of drug-likeness (QED) is 0.199. The fourth-order valence-electron chi connectivity index (χ4n) is 8.43. The molecule has 2 aromatic carbocycles. The van der Waals surface area contributed by atoms with Crippen molar-refractivity contribution in [3.63, 3.8) is 0 Å². The van der Waals surface area contributed by atoms with Crippen LogP contribution in [-0.4, -0.2) is 50.1 Å². The van der Waals surface area contributed by atoms with Crippen LogP contribution in [0.4, 0.5) is 19.1 Å². The fraction of sp³-hybridized carbons (Fsp3) is 0.463. The second-order valence-corrected chi connectivity index (χ2v) is 15.6. The number of aryl methyl sites for hydroxylation is 1. The first-order chi connectivity index (χ1) is 24.3. The molecule has 10 heteroatoms. The summed E-state index contributed by atoms with van der Waals surface area (Å²) < 4.78 is 46.3. The lowest BCUT2D eigenvalue weighted by molar-refractivity contribution is -0.0385. The molecule has 1 saturated carbocycles. The second kappa shape index (κ2) is 13.7. The van der Waals surface area contributed by atoms with Crippen LogP contribution in [0.3, 0.4) is 0 Å². The van der Waals surface area contributed by atoms with Crippen molar-refractivity contribution in [2.24, 2.45) is 5.41 Å². The van der Waals surface area contributed by atoms with Crippen LogP contribution in [-0.2, 0) is 6.42 Å². The maximum absolute atomic E-state index is 17.3. The van der Waals surface area contributed by atoms with Gasteiger partial charge in [-0.3, -0.25) is 4.98 Å². The predicted molar refractivity (Wildman–Crippen MR) is 190 cm³/mol. The third-order valence-electron chi connectivity index (χ3n) is 11.1. The molecule has 2 aromatic heterocycles. The van der Waals surface area contributed by atoms with Crippen LogP contribution in [0.15, 0.2) is 60.9 Å². The van der Waals surface area contributed by atoms with Gasteiger partial charge in [0.15, 0.2) is 6.17 Å². The summed E-state index contributed by atoms with van der Waals surface area (Å²) in [5.74, 6) is -3.57. The van der Waals surface area contributed by atoms with Gasteiger partial charge in [-0.15, -0.1) is 0 Å². The standard InChI is InChI=1S/C41H45F3N4O3/c1-24-7-9-26(10-8-24)36(42)35-33(25-11-15-41(43,44)16-12-25)34-31(20-40(2,3)21-32(34)49)47-37(35)27-13-17-48(18-14-27)39-45-22-30(23-46-39)28-5-4-6-29(19-28)38(50)51/h4-10,19,22-23,25,27,32,36,49H,11-18,20-21H2,1-3H3,(H,50,51)/t32-,36-/m0/s1. The Balaban J connectivity index is 1.24. The van der Waals surface area contributed by atoms with Gasteiger partial charge in [-0.2, -0.15) is 0 Å². The number of halogens is 3. The largest absolute Gasteiger partial charge is 0.478 e. The van der Waals surface area contributed by atoms with Gasteiger partial charge in [-0.05, 0) is 85.6 Å². The van der Waals surface area contributed by atoms with Crippen LogP contribution in [0.1, 0.15) is 132 Å². The van der Waals surface area contributed by atoms with Crippen molar-refractivity contribution in [3.8, 4) is 11.1 Å². The molecule has 7 rings (SSSR count). The van der Waals surface area contributed by atoms with Gasteiger partial charge in [0.1, 0.15) is 0 Å². The number of carbonyl (C=O) groups is 1. The van der Waals surface area contributed by atoms with E-state index >= 15 is 4.39 Å². The number of aromatic nitrogens is 3. The topological polar surface area (TPSA) is 99.4 Å². The van der Waals surface area contributed by atoms with E-state index < -0.39 is 24.2 Å². The van der Waals surface area contributed by atoms with E-state index in [2.05, 4.69) is 28.7 Å². The maximum atomic E-state index is 17.3. The van der Waals surface area contributed by atoms with E-state index in [1.165, 1.54) is 0 Å². The molecule has 1 aliphatic heterocycles. The van der Waals surface area contributed by atoms with E-state index in [4.69, 9.17) is 4.98 Å². The smallest absolute Gasteiger partial charge is 0.335 e. The van der Waals surface area contributed by atoms with Crippen molar-refractivity contribution in [2.75, 3.05) is 18.0 Å². The summed E-state index contributed by atoms with van der Waals surface area (Å²) in [4.78, 5) is 28.0. The molecule has 0 amide bonds. The summed E-state index contributed by atoms with van der Waals surface area (Å²) in [6.45, 7) is 7.38. The minimum absolute atomic E-state index is 0.0887. The number of hydrogen-bond donors (Lipinski definition) is 2. The first kappa shape index (κ1) is 35.1. The number of pyridine rings is 1. The summed E-state index contributed by atoms with van der Waals surface area (Å²) in [5.41, 5.74) is 6.21. The monoisotopic (exact) mass is 698 g/mol. The summed E-state index contributed by atoms with van der Waals surface area (Å²) in [5, 5.41) is 21.0. The molecular weight excluding hydrogens is 653 g/mol. The number of carboxylic acid groups (broad SMARTS) is 1. The Morgan fingerprint density at radius 2 is 1.59 bits per heavy atom. The number of aromatic carboxylic acids is 1. The number of hydrogen-bond acceptors (Lipinski definition) is 6. The molecule has 0 spiro atoms. The predicted octanol–water partition coefficient (Wildman–Crippen LogP) is 9.29. The molecule has 2 fully saturated rings. The third-order valence-corrected chi connectivity index (χ3v) is 11.1. The van der Waals surface area contributed by atoms with Gasteiger partial charge in [0.05, 0.1) is 17.4 Å². The zero-order chi connectivity index (χ0) is 36.1. The first-order valence-corrected chi connectivity index (χ1v) is 18.0. The molecule has 2 N–H and O–H groups in total. The number of alkyl halides is 3. The second-order valence-electron chi connectivity index (χ2n) is 15.6. The van der Waals surface area contributed by atoms with Crippen LogP contribution in [0.5, 0.6) is 0 Å². The highest BCUT2D eigenvalue weighted by molar-refractivity contribution is 5.89. The maximum Gasteiger partial charge on any atom is 0.335 e. The van der Waals surface area contributed by atoms with Crippen LogP contribution in [0, 0.1) is 12.3 Å². The lowest BCUT2D eigenvalue weighted by Crippen LogP contribution is -2.36. The number of rotatable bonds is 7. The molecule has 0 unspecified atom stereocenters. The molecule has 2 atom stereocenters. The number of anilines is 1. The van der Waals surface area contributed by atoms with Crippen LogP contribution in [0.2, 0.25) is 0 Å². The molecule has 0 radical (unpaired) electrons. The van der Waals surface area contributed by atoms with Crippen LogP contribution >= 0.6 is 0 Å². The minimum Gasteiger partial charge on any atom is -0.478 e. The highest BCUT2D eigenvalue weighted by atomic mass is 19.3. The molecule has 2 aliphatic carbocycles. The number of fused-ring (bicyclic) bond motifs is 1. The Labute approximate surface area is 297 Å². The number of aliphatic hydroxyl groups excluding tert-OH is 1. The summed E-state index contributed by atoms with van der Waals surface area (Å²) >= 11 is 0. The third kappa shape index (κ3) is 7.25. The lowest BCUT2D eigenvalue weighted by Gasteiger charge is -2.41. The van der Waals surface area contributed by atoms with Crippen molar-refractivity contribution in [3.05, 3.63) is 106 Å². The molecule has 268 valence electrons. The average molecular weight is 699 g/mol. The number of nitrogens with zero attached hydrogens (tertiary/aromatic N) is 4. The number of carboxylic acids is 1. The van der Waals surface area contributed by atoms with E-state index in [0.717, 1.165) is 16.8 Å². The molecule has 3 heterocycles. The lowest BCUT2D eigenvalue weighted by atomic mass is 9.68. The molecule has 1 saturated heterocycles. The number of benzene rings is 2. The highest BCUT2D eigenvalue weighted by Crippen LogP contribution is 2.52. The van der Waals surface area contributed by atoms with Gasteiger partial charge in [0.25, 0.3) is 0 Å². The fourth-order valence-corrected chi connectivity index (χ4v) is 8.43. The van der Waals surface area contributed by atoms with Crippen molar-refractivity contribution in [1.82, 2.24) is 15.0 Å². The number of aliphatic hydroxyl groups is 1. The molecule has 4 aromatic rings. The molecule has 7 nitrogen and oxygen atoms in total. The Morgan fingerprint density at radius 3 is 2.24 bits per heavy atom. The Morgan fingerprint density at radius 1 is 0.922 bits per heavy atom. The molecular formula is C41H45F3N4O3. The van der Waals surface area contributed by atoms with Gasteiger partial charge in [-0.25, -0.2) is 27.9 Å².